The van der Waals surface area contributed by atoms with E-state index in [0.29, 0.717) is 31.2 Å². The summed E-state index contributed by atoms with van der Waals surface area (Å²) in [5, 5.41) is 9.17. The molecule has 1 heterocycles. The van der Waals surface area contributed by atoms with Gasteiger partial charge in [-0.15, -0.1) is 24.0 Å². The molecule has 1 aromatic heterocycles. The zero-order chi connectivity index (χ0) is 16.3. The van der Waals surface area contributed by atoms with Crippen molar-refractivity contribution in [2.45, 2.75) is 6.54 Å². The molecule has 2 aromatic rings. The molecule has 128 valence electrons. The Labute approximate surface area is 159 Å². The van der Waals surface area contributed by atoms with E-state index in [1.165, 1.54) is 0 Å². The number of amides is 1. The van der Waals surface area contributed by atoms with Crippen LogP contribution in [-0.2, 0) is 6.54 Å². The molecule has 2 rings (SSSR count). The fraction of sp³-hybridized carbons (Fsp3) is 0.235. The Kier molecular flexibility index (Phi) is 9.44. The number of aliphatic imine (C=N–C) groups is 1. The molecule has 0 aliphatic heterocycles. The molecule has 6 nitrogen and oxygen atoms in total. The van der Waals surface area contributed by atoms with E-state index in [-0.39, 0.29) is 29.9 Å². The van der Waals surface area contributed by atoms with Crippen LogP contribution in [0.2, 0.25) is 0 Å². The van der Waals surface area contributed by atoms with Crippen molar-refractivity contribution in [1.82, 2.24) is 20.9 Å². The maximum absolute atomic E-state index is 11.9. The molecule has 0 saturated heterocycles. The lowest BCUT2D eigenvalue weighted by Crippen LogP contribution is -2.41. The van der Waals surface area contributed by atoms with Crippen LogP contribution >= 0.6 is 24.0 Å². The van der Waals surface area contributed by atoms with Crippen molar-refractivity contribution < 1.29 is 4.79 Å². The summed E-state index contributed by atoms with van der Waals surface area (Å²) in [5.74, 6) is 0.591. The molecule has 0 spiro atoms. The number of hydrogen-bond acceptors (Lipinski definition) is 3. The van der Waals surface area contributed by atoms with E-state index in [2.05, 4.69) is 25.9 Å². The minimum absolute atomic E-state index is 0. The Morgan fingerprint density at radius 3 is 2.38 bits per heavy atom. The van der Waals surface area contributed by atoms with Crippen LogP contribution in [0.1, 0.15) is 16.1 Å². The smallest absolute Gasteiger partial charge is 0.251 e. The molecule has 0 unspecified atom stereocenters. The first-order valence-electron chi connectivity index (χ1n) is 7.47. The Hall–Kier alpha value is -2.16. The number of nitrogens with zero attached hydrogens (tertiary/aromatic N) is 2. The van der Waals surface area contributed by atoms with Gasteiger partial charge in [-0.25, -0.2) is 0 Å². The Morgan fingerprint density at radius 1 is 1.00 bits per heavy atom. The van der Waals surface area contributed by atoms with Crippen LogP contribution in [0.5, 0.6) is 0 Å². The molecule has 1 aromatic carbocycles. The third-order valence-electron chi connectivity index (χ3n) is 3.13. The minimum Gasteiger partial charge on any atom is -0.355 e. The first kappa shape index (κ1) is 19.9. The topological polar surface area (TPSA) is 78.4 Å². The highest BCUT2D eigenvalue weighted by Crippen LogP contribution is 1.97. The monoisotopic (exact) mass is 439 g/mol. The molecular formula is C17H22IN5O. The zero-order valence-electron chi connectivity index (χ0n) is 13.5. The maximum atomic E-state index is 11.9. The van der Waals surface area contributed by atoms with Gasteiger partial charge >= 0.3 is 0 Å². The zero-order valence-corrected chi connectivity index (χ0v) is 15.9. The number of aromatic nitrogens is 1. The molecule has 0 fully saturated rings. The van der Waals surface area contributed by atoms with Gasteiger partial charge in [-0.2, -0.15) is 0 Å². The summed E-state index contributed by atoms with van der Waals surface area (Å²) in [6, 6.07) is 14.9. The molecular weight excluding hydrogens is 417 g/mol. The van der Waals surface area contributed by atoms with Gasteiger partial charge in [0.2, 0.25) is 0 Å². The van der Waals surface area contributed by atoms with Crippen LogP contribution in [0.25, 0.3) is 0 Å². The molecule has 0 saturated carbocycles. The SMILES string of the molecule is CN=C(NCCNC(=O)c1ccccc1)NCc1ccccn1.I. The predicted octanol–water partition coefficient (Wildman–Crippen LogP) is 1.79. The van der Waals surface area contributed by atoms with Gasteiger partial charge in [0.05, 0.1) is 12.2 Å². The Balaban J connectivity index is 0.00000288. The summed E-state index contributed by atoms with van der Waals surface area (Å²) in [7, 11) is 1.70. The van der Waals surface area contributed by atoms with Crippen molar-refractivity contribution in [2.75, 3.05) is 20.1 Å². The van der Waals surface area contributed by atoms with E-state index in [1.54, 1.807) is 25.4 Å². The molecule has 7 heteroatoms. The van der Waals surface area contributed by atoms with Crippen LogP contribution in [0.3, 0.4) is 0 Å². The van der Waals surface area contributed by atoms with Crippen molar-refractivity contribution in [1.29, 1.82) is 0 Å². The number of carbonyl (C=O) groups excluding carboxylic acids is 1. The maximum Gasteiger partial charge on any atom is 0.251 e. The lowest BCUT2D eigenvalue weighted by atomic mass is 10.2. The van der Waals surface area contributed by atoms with Crippen LogP contribution in [0, 0.1) is 0 Å². The van der Waals surface area contributed by atoms with Crippen LogP contribution in [-0.4, -0.2) is 37.0 Å². The molecule has 0 bridgehead atoms. The predicted molar refractivity (Wildman–Crippen MR) is 107 cm³/mol. The minimum atomic E-state index is -0.0798. The van der Waals surface area contributed by atoms with Crippen LogP contribution < -0.4 is 16.0 Å². The second kappa shape index (κ2) is 11.4. The summed E-state index contributed by atoms with van der Waals surface area (Å²) >= 11 is 0. The third kappa shape index (κ3) is 6.95. The summed E-state index contributed by atoms with van der Waals surface area (Å²) in [6.07, 6.45) is 1.76. The summed E-state index contributed by atoms with van der Waals surface area (Å²) < 4.78 is 0. The number of carbonyl (C=O) groups is 1. The number of benzene rings is 1. The first-order chi connectivity index (χ1) is 11.3. The van der Waals surface area contributed by atoms with Crippen molar-refractivity contribution >= 4 is 35.8 Å². The number of rotatable bonds is 6. The number of guanidine groups is 1. The van der Waals surface area contributed by atoms with Gasteiger partial charge in [0.25, 0.3) is 5.91 Å². The quantitative estimate of drug-likeness (QED) is 0.278. The second-order valence-corrected chi connectivity index (χ2v) is 4.80. The lowest BCUT2D eigenvalue weighted by molar-refractivity contribution is 0.0954. The fourth-order valence-electron chi connectivity index (χ4n) is 1.95. The van der Waals surface area contributed by atoms with Gasteiger partial charge in [-0.1, -0.05) is 24.3 Å². The average molecular weight is 439 g/mol. The van der Waals surface area contributed by atoms with Gasteiger partial charge in [-0.05, 0) is 24.3 Å². The molecule has 0 aliphatic rings. The number of halogens is 1. The number of pyridine rings is 1. The molecule has 1 amide bonds. The van der Waals surface area contributed by atoms with E-state index in [9.17, 15) is 4.79 Å². The first-order valence-corrected chi connectivity index (χ1v) is 7.47. The second-order valence-electron chi connectivity index (χ2n) is 4.80. The van der Waals surface area contributed by atoms with Crippen molar-refractivity contribution in [2.24, 2.45) is 4.99 Å². The molecule has 0 radical (unpaired) electrons. The van der Waals surface area contributed by atoms with Crippen molar-refractivity contribution in [3.8, 4) is 0 Å². The molecule has 24 heavy (non-hydrogen) atoms. The van der Waals surface area contributed by atoms with Crippen LogP contribution in [0.4, 0.5) is 0 Å². The number of nitrogens with one attached hydrogen (secondary N) is 3. The normalized spacial score (nSPS) is 10.5. The van der Waals surface area contributed by atoms with E-state index in [0.717, 1.165) is 5.69 Å². The van der Waals surface area contributed by atoms with Gasteiger partial charge in [0.15, 0.2) is 5.96 Å². The fourth-order valence-corrected chi connectivity index (χ4v) is 1.95. The highest BCUT2D eigenvalue weighted by molar-refractivity contribution is 14.0. The molecule has 0 atom stereocenters. The average Bonchev–Trinajstić information content (AvgIpc) is 2.62. The lowest BCUT2D eigenvalue weighted by Gasteiger charge is -2.12. The summed E-state index contributed by atoms with van der Waals surface area (Å²) in [4.78, 5) is 20.2. The van der Waals surface area contributed by atoms with Gasteiger partial charge < -0.3 is 16.0 Å². The third-order valence-corrected chi connectivity index (χ3v) is 3.13. The van der Waals surface area contributed by atoms with E-state index >= 15 is 0 Å². The Morgan fingerprint density at radius 2 is 1.71 bits per heavy atom. The van der Waals surface area contributed by atoms with Crippen molar-refractivity contribution in [3.05, 3.63) is 66.0 Å². The largest absolute Gasteiger partial charge is 0.355 e. The van der Waals surface area contributed by atoms with E-state index in [4.69, 9.17) is 0 Å². The van der Waals surface area contributed by atoms with Crippen molar-refractivity contribution in [3.63, 3.8) is 0 Å². The van der Waals surface area contributed by atoms with E-state index in [1.807, 2.05) is 36.4 Å². The van der Waals surface area contributed by atoms with Gasteiger partial charge in [0.1, 0.15) is 0 Å². The van der Waals surface area contributed by atoms with E-state index < -0.39 is 0 Å². The number of hydrogen-bond donors (Lipinski definition) is 3. The molecule has 3 N–H and O–H groups in total. The van der Waals surface area contributed by atoms with Gasteiger partial charge in [-0.3, -0.25) is 14.8 Å². The van der Waals surface area contributed by atoms with Gasteiger partial charge in [0, 0.05) is 31.9 Å². The summed E-state index contributed by atoms with van der Waals surface area (Å²) in [5.41, 5.74) is 1.60. The highest BCUT2D eigenvalue weighted by Gasteiger charge is 2.03. The Bertz CT molecular complexity index is 634. The van der Waals surface area contributed by atoms with Crippen LogP contribution in [0.15, 0.2) is 59.7 Å². The summed E-state index contributed by atoms with van der Waals surface area (Å²) in [6.45, 7) is 1.69. The highest BCUT2D eigenvalue weighted by atomic mass is 127. The molecule has 0 aliphatic carbocycles. The standard InChI is InChI=1S/C17H21N5O.HI/c1-18-17(22-13-15-9-5-6-10-19-15)21-12-11-20-16(23)14-7-3-2-4-8-14;/h2-10H,11-13H2,1H3,(H,20,23)(H2,18,21,22);1H.